The number of alkyl halides is 6. The van der Waals surface area contributed by atoms with Crippen molar-refractivity contribution in [2.24, 2.45) is 39.4 Å². The van der Waals surface area contributed by atoms with Gasteiger partial charge in [-0.15, -0.1) is 0 Å². The number of aliphatic hydroxyl groups excluding tert-OH is 1. The van der Waals surface area contributed by atoms with Gasteiger partial charge in [0, 0.05) is 54.7 Å². The summed E-state index contributed by atoms with van der Waals surface area (Å²) < 4.78 is 111. The maximum atomic E-state index is 14.9. The van der Waals surface area contributed by atoms with Crippen LogP contribution < -0.4 is 0 Å². The van der Waals surface area contributed by atoms with Crippen LogP contribution in [0.5, 0.6) is 0 Å². The summed E-state index contributed by atoms with van der Waals surface area (Å²) in [6.07, 6.45) is -14.1. The van der Waals surface area contributed by atoms with E-state index in [1.54, 1.807) is 34.6 Å². The number of fused-ring (bicyclic) bond motifs is 4. The molecule has 4 aliphatic rings. The van der Waals surface area contributed by atoms with Gasteiger partial charge in [0.15, 0.2) is 5.78 Å². The molecule has 2 N–H and O–H groups in total. The first kappa shape index (κ1) is 51.5. The number of aliphatic carboxylic acids is 1. The fourth-order valence-corrected chi connectivity index (χ4v) is 12.5. The number of carbonyl (C=O) groups is 5. The van der Waals surface area contributed by atoms with Gasteiger partial charge in [-0.2, -0.15) is 26.3 Å². The minimum Gasteiger partial charge on any atom is -0.478 e. The van der Waals surface area contributed by atoms with Gasteiger partial charge in [-0.1, -0.05) is 95.3 Å². The summed E-state index contributed by atoms with van der Waals surface area (Å²) in [7, 11) is 1.48. The van der Waals surface area contributed by atoms with Crippen molar-refractivity contribution in [3.05, 3.63) is 94.6 Å². The van der Waals surface area contributed by atoms with Gasteiger partial charge < -0.3 is 29.2 Å². The Hall–Kier alpha value is -4.87. The standard InChI is InChI=1S/C50H58F6O11/c1-27(22-31(23-28(2)40(60)61)66-41(62)47(64-8,49(51,52)53)29-16-12-10-13-17-29)32-24-36(59)46(7)39-33(57)25-35-43(3,4)37(20-21-44(35,5)38(39)34(58)26-45(32,46)6)67-42(63)48(65-9,50(54,55)56)30-18-14-11-15-19-30/h10-19,23,27,31-33,35,37,57H,20-22,24-26H2,1-9H3,(H,60,61)/b28-23+/t27-,31+,32-,33+,35+,37+,44+,45-,46+,47-,48-/m1/s1. The number of carboxylic acid groups (broad SMARTS) is 1. The molecule has 2 fully saturated rings. The van der Waals surface area contributed by atoms with Crippen LogP contribution in [0.15, 0.2) is 83.5 Å². The zero-order chi connectivity index (χ0) is 50.1. The van der Waals surface area contributed by atoms with Crippen molar-refractivity contribution < 1.29 is 79.5 Å². The molecule has 0 amide bonds. The number of aliphatic hydroxyl groups is 1. The average molecular weight is 949 g/mol. The van der Waals surface area contributed by atoms with E-state index >= 15 is 0 Å². The highest BCUT2D eigenvalue weighted by Crippen LogP contribution is 2.71. The van der Waals surface area contributed by atoms with Crippen molar-refractivity contribution in [1.82, 2.24) is 0 Å². The summed E-state index contributed by atoms with van der Waals surface area (Å²) >= 11 is 0. The van der Waals surface area contributed by atoms with Crippen molar-refractivity contribution in [2.45, 2.75) is 129 Å². The second-order valence-electron chi connectivity index (χ2n) is 20.0. The van der Waals surface area contributed by atoms with Crippen LogP contribution in [0, 0.1) is 39.4 Å². The number of carbonyl (C=O) groups excluding carboxylic acids is 4. The summed E-state index contributed by atoms with van der Waals surface area (Å²) in [6.45, 7) is 11.5. The number of hydrogen-bond acceptors (Lipinski definition) is 10. The number of ketones is 2. The van der Waals surface area contributed by atoms with Crippen LogP contribution >= 0.6 is 0 Å². The number of esters is 2. The van der Waals surface area contributed by atoms with E-state index in [0.717, 1.165) is 37.5 Å². The molecule has 2 aromatic rings. The molecule has 366 valence electrons. The molecule has 4 aliphatic carbocycles. The lowest BCUT2D eigenvalue weighted by molar-refractivity contribution is -0.282. The van der Waals surface area contributed by atoms with Crippen LogP contribution in [0.2, 0.25) is 0 Å². The molecule has 0 heterocycles. The number of ether oxygens (including phenoxy) is 4. The van der Waals surface area contributed by atoms with Gasteiger partial charge in [-0.3, -0.25) is 9.59 Å². The molecule has 11 atom stereocenters. The Balaban J connectivity index is 1.33. The average Bonchev–Trinajstić information content (AvgIpc) is 3.44. The molecule has 0 saturated heterocycles. The van der Waals surface area contributed by atoms with E-state index < -0.39 is 110 Å². The number of Topliss-reactive ketones (excluding diaryl/α,β-unsaturated/α-hetero) is 2. The molecule has 11 nitrogen and oxygen atoms in total. The largest absolute Gasteiger partial charge is 0.478 e. The molecule has 0 spiro atoms. The summed E-state index contributed by atoms with van der Waals surface area (Å²) in [5.74, 6) is -7.68. The van der Waals surface area contributed by atoms with E-state index in [4.69, 9.17) is 18.9 Å². The van der Waals surface area contributed by atoms with Crippen LogP contribution in [0.25, 0.3) is 0 Å². The first-order valence-corrected chi connectivity index (χ1v) is 22.2. The van der Waals surface area contributed by atoms with Crippen LogP contribution in [0.4, 0.5) is 26.3 Å². The van der Waals surface area contributed by atoms with Crippen molar-refractivity contribution in [1.29, 1.82) is 0 Å². The Labute approximate surface area is 385 Å². The number of hydrogen-bond donors (Lipinski definition) is 2. The van der Waals surface area contributed by atoms with Crippen LogP contribution in [-0.2, 0) is 54.1 Å². The van der Waals surface area contributed by atoms with E-state index in [9.17, 15) is 60.5 Å². The van der Waals surface area contributed by atoms with E-state index in [2.05, 4.69) is 0 Å². The number of allylic oxidation sites excluding steroid dienone is 1. The maximum Gasteiger partial charge on any atom is 0.432 e. The Morgan fingerprint density at radius 2 is 1.34 bits per heavy atom. The summed E-state index contributed by atoms with van der Waals surface area (Å²) in [5.41, 5.74) is -12.8. The van der Waals surface area contributed by atoms with Crippen molar-refractivity contribution in [3.63, 3.8) is 0 Å². The van der Waals surface area contributed by atoms with Crippen molar-refractivity contribution in [3.8, 4) is 0 Å². The lowest BCUT2D eigenvalue weighted by atomic mass is 9.42. The fraction of sp³-hybridized carbons (Fsp3) is 0.580. The quantitative estimate of drug-likeness (QED) is 0.112. The molecule has 0 aromatic heterocycles. The Bertz CT molecular complexity index is 2340. The third-order valence-electron chi connectivity index (χ3n) is 16.2. The fourth-order valence-electron chi connectivity index (χ4n) is 12.5. The van der Waals surface area contributed by atoms with Crippen molar-refractivity contribution >= 4 is 29.5 Å². The summed E-state index contributed by atoms with van der Waals surface area (Å²) in [5, 5.41) is 22.0. The lowest BCUT2D eigenvalue weighted by Gasteiger charge is -2.62. The summed E-state index contributed by atoms with van der Waals surface area (Å²) in [6, 6.07) is 12.5. The predicted octanol–water partition coefficient (Wildman–Crippen LogP) is 9.15. The second kappa shape index (κ2) is 17.6. The highest BCUT2D eigenvalue weighted by molar-refractivity contribution is 6.05. The molecule has 0 radical (unpaired) electrons. The highest BCUT2D eigenvalue weighted by Gasteiger charge is 2.72. The van der Waals surface area contributed by atoms with Gasteiger partial charge in [0.25, 0.3) is 11.2 Å². The third kappa shape index (κ3) is 7.84. The normalized spacial score (nSPS) is 31.3. The molecule has 6 rings (SSSR count). The first-order valence-electron chi connectivity index (χ1n) is 22.2. The van der Waals surface area contributed by atoms with Gasteiger partial charge >= 0.3 is 30.3 Å². The number of rotatable bonds is 13. The SMILES string of the molecule is CO[C@@](C(=O)O[C@H](/C=C(\C)C(=O)O)C[C@@H](C)[C@H]1CC(=O)[C@@]2(C)C3=C(C(=O)C[C@]12C)[C@@]1(C)CC[C@H](OC(=O)[C@](OC)(c2ccccc2)C(F)(F)F)C(C)(C)[C@@H]1C[C@@H]3O)(c1ccccc1)C(F)(F)F. The van der Waals surface area contributed by atoms with Crippen LogP contribution in [0.3, 0.4) is 0 Å². The first-order chi connectivity index (χ1) is 31.0. The molecular weight excluding hydrogens is 891 g/mol. The smallest absolute Gasteiger partial charge is 0.432 e. The van der Waals surface area contributed by atoms with E-state index in [-0.39, 0.29) is 66.8 Å². The van der Waals surface area contributed by atoms with Gasteiger partial charge in [0.05, 0.1) is 11.5 Å². The van der Waals surface area contributed by atoms with E-state index in [1.807, 2.05) is 6.92 Å². The van der Waals surface area contributed by atoms with Crippen LogP contribution in [-0.4, -0.2) is 84.6 Å². The maximum absolute atomic E-state index is 14.9. The zero-order valence-electron chi connectivity index (χ0n) is 38.9. The number of benzene rings is 2. The summed E-state index contributed by atoms with van der Waals surface area (Å²) in [4.78, 5) is 69.2. The molecular formula is C50H58F6O11. The van der Waals surface area contributed by atoms with Gasteiger partial charge in [0.1, 0.15) is 18.0 Å². The predicted molar refractivity (Wildman–Crippen MR) is 229 cm³/mol. The minimum atomic E-state index is -5.33. The van der Waals surface area contributed by atoms with Gasteiger partial charge in [-0.05, 0) is 79.8 Å². The molecule has 0 bridgehead atoms. The van der Waals surface area contributed by atoms with Crippen molar-refractivity contribution in [2.75, 3.05) is 14.2 Å². The zero-order valence-corrected chi connectivity index (χ0v) is 38.9. The Kier molecular flexibility index (Phi) is 13.5. The van der Waals surface area contributed by atoms with Crippen LogP contribution in [0.1, 0.15) is 98.1 Å². The molecule has 0 unspecified atom stereocenters. The number of halogens is 6. The molecule has 2 aromatic carbocycles. The molecule has 0 aliphatic heterocycles. The highest BCUT2D eigenvalue weighted by atomic mass is 19.4. The Morgan fingerprint density at radius 1 is 0.836 bits per heavy atom. The number of carboxylic acids is 1. The Morgan fingerprint density at radius 3 is 1.82 bits per heavy atom. The third-order valence-corrected chi connectivity index (χ3v) is 16.2. The number of methoxy groups -OCH3 is 2. The monoisotopic (exact) mass is 948 g/mol. The van der Waals surface area contributed by atoms with E-state index in [1.165, 1.54) is 43.3 Å². The van der Waals surface area contributed by atoms with Gasteiger partial charge in [0.2, 0.25) is 0 Å². The molecule has 17 heteroatoms. The second-order valence-corrected chi connectivity index (χ2v) is 20.0. The molecule has 2 saturated carbocycles. The van der Waals surface area contributed by atoms with Gasteiger partial charge in [-0.25, -0.2) is 14.4 Å². The minimum absolute atomic E-state index is 0.0201. The van der Waals surface area contributed by atoms with E-state index in [0.29, 0.717) is 7.11 Å². The molecule has 67 heavy (non-hydrogen) atoms. The lowest BCUT2D eigenvalue weighted by Crippen LogP contribution is -2.61. The topological polar surface area (TPSA) is 163 Å².